The van der Waals surface area contributed by atoms with Crippen molar-refractivity contribution in [2.45, 2.75) is 31.1 Å². The first-order chi connectivity index (χ1) is 34.1. The SMILES string of the molecule is CC1(c2ccccc2)CC=CC=C1[NH+]1C(c2ccc(-n3c4ccc(-n5c6ccccc6c6c7ccccc7ccc65)cc4c4cc5ccccc5cc43)cc2)NC1c1ccccc1-c1ccccc1. The van der Waals surface area contributed by atoms with Gasteiger partial charge in [0.1, 0.15) is 5.70 Å². The molecule has 4 atom stereocenters. The summed E-state index contributed by atoms with van der Waals surface area (Å²) >= 11 is 0. The minimum atomic E-state index is -0.177. The number of hydrogen-bond donors (Lipinski definition) is 2. The number of rotatable bonds is 7. The molecular weight excluding hydrogens is 837 g/mol. The lowest BCUT2D eigenvalue weighted by atomic mass is 9.73. The number of nitrogens with one attached hydrogen (secondary N) is 2. The molecular formula is C65H49N4+. The second kappa shape index (κ2) is 15.6. The van der Waals surface area contributed by atoms with Crippen molar-refractivity contribution in [1.82, 2.24) is 14.5 Å². The molecule has 10 aromatic carbocycles. The number of benzene rings is 10. The molecule has 0 spiro atoms. The van der Waals surface area contributed by atoms with E-state index in [0.717, 1.165) is 17.8 Å². The van der Waals surface area contributed by atoms with Crippen LogP contribution in [-0.2, 0) is 5.41 Å². The number of hydrogen-bond acceptors (Lipinski definition) is 1. The van der Waals surface area contributed by atoms with Gasteiger partial charge in [0.2, 0.25) is 0 Å². The molecule has 2 aliphatic rings. The van der Waals surface area contributed by atoms with Gasteiger partial charge in [0.25, 0.3) is 0 Å². The quantitative estimate of drug-likeness (QED) is 0.164. The third-order valence-electron chi connectivity index (χ3n) is 15.5. The second-order valence-corrected chi connectivity index (χ2v) is 19.2. The fraction of sp³-hybridized carbons (Fsp3) is 0.0769. The Morgan fingerprint density at radius 3 is 1.93 bits per heavy atom. The zero-order valence-corrected chi connectivity index (χ0v) is 38.4. The molecule has 3 heterocycles. The van der Waals surface area contributed by atoms with Crippen LogP contribution in [0, 0.1) is 0 Å². The molecule has 328 valence electrons. The summed E-state index contributed by atoms with van der Waals surface area (Å²) < 4.78 is 4.93. The van der Waals surface area contributed by atoms with Crippen molar-refractivity contribution in [3.05, 3.63) is 265 Å². The summed E-state index contributed by atoms with van der Waals surface area (Å²) in [6, 6.07) is 83.1. The van der Waals surface area contributed by atoms with Gasteiger partial charge in [-0.15, -0.1) is 0 Å². The van der Waals surface area contributed by atoms with Crippen LogP contribution in [0.4, 0.5) is 0 Å². The molecule has 4 unspecified atom stereocenters. The van der Waals surface area contributed by atoms with Crippen LogP contribution in [0.25, 0.3) is 87.7 Å². The molecule has 4 nitrogen and oxygen atoms in total. The van der Waals surface area contributed by atoms with Crippen LogP contribution in [0.2, 0.25) is 0 Å². The molecule has 0 radical (unpaired) electrons. The molecule has 69 heavy (non-hydrogen) atoms. The molecule has 2 N–H and O–H groups in total. The third kappa shape index (κ3) is 6.16. The van der Waals surface area contributed by atoms with E-state index < -0.39 is 0 Å². The average molecular weight is 886 g/mol. The van der Waals surface area contributed by atoms with Crippen LogP contribution in [0.5, 0.6) is 0 Å². The zero-order chi connectivity index (χ0) is 45.6. The van der Waals surface area contributed by atoms with Gasteiger partial charge < -0.3 is 9.13 Å². The van der Waals surface area contributed by atoms with Gasteiger partial charge >= 0.3 is 0 Å². The second-order valence-electron chi connectivity index (χ2n) is 19.2. The third-order valence-corrected chi connectivity index (χ3v) is 15.5. The summed E-state index contributed by atoms with van der Waals surface area (Å²) in [5.41, 5.74) is 14.8. The van der Waals surface area contributed by atoms with E-state index in [1.54, 1.807) is 0 Å². The first kappa shape index (κ1) is 39.8. The molecule has 4 heteroatoms. The number of nitrogens with zero attached hydrogens (tertiary/aromatic N) is 2. The number of quaternary nitrogens is 1. The van der Waals surface area contributed by atoms with E-state index in [-0.39, 0.29) is 17.7 Å². The number of allylic oxidation sites excluding steroid dienone is 4. The Labute approximate surface area is 401 Å². The molecule has 2 aromatic heterocycles. The van der Waals surface area contributed by atoms with Crippen LogP contribution >= 0.6 is 0 Å². The van der Waals surface area contributed by atoms with Crippen molar-refractivity contribution in [3.8, 4) is 22.5 Å². The molecule has 12 aromatic rings. The average Bonchev–Trinajstić information content (AvgIpc) is 3.91. The first-order valence-electron chi connectivity index (χ1n) is 24.3. The minimum Gasteiger partial charge on any atom is -0.309 e. The van der Waals surface area contributed by atoms with Crippen molar-refractivity contribution in [2.75, 3.05) is 0 Å². The predicted octanol–water partition coefficient (Wildman–Crippen LogP) is 14.8. The highest BCUT2D eigenvalue weighted by atomic mass is 15.5. The number of fused-ring (bicyclic) bond motifs is 9. The van der Waals surface area contributed by atoms with Gasteiger partial charge in [0, 0.05) is 44.0 Å². The predicted molar refractivity (Wildman–Crippen MR) is 287 cm³/mol. The van der Waals surface area contributed by atoms with Gasteiger partial charge in [-0.3, -0.25) is 4.90 Å². The lowest BCUT2D eigenvalue weighted by Crippen LogP contribution is -3.22. The smallest absolute Gasteiger partial charge is 0.179 e. The summed E-state index contributed by atoms with van der Waals surface area (Å²) in [4.78, 5) is 1.44. The van der Waals surface area contributed by atoms with Crippen LogP contribution in [0.3, 0.4) is 0 Å². The fourth-order valence-corrected chi connectivity index (χ4v) is 12.1. The van der Waals surface area contributed by atoms with E-state index in [1.807, 2.05) is 0 Å². The standard InChI is InChI=1S/C65H48N4/c1-65(48-23-6-3-7-24-48)39-17-16-30-61(65)69-63(66-64(69)53-27-13-12-25-51(53)43-18-4-2-5-19-43)45-31-34-49(35-32-45)67-58-38-36-50(42-56(58)55-40-46-21-8-9-22-47(46)41-60(55)67)68-57-29-15-14-28-54(57)62-52-26-11-10-20-44(52)33-37-59(62)68/h2-38,40-42,63-64,66H,39H2,1H3/p+1. The highest BCUT2D eigenvalue weighted by molar-refractivity contribution is 6.21. The summed E-state index contributed by atoms with van der Waals surface area (Å²) in [5, 5.41) is 14.2. The highest BCUT2D eigenvalue weighted by Gasteiger charge is 2.52. The summed E-state index contributed by atoms with van der Waals surface area (Å²) in [5.74, 6) is 0. The highest BCUT2D eigenvalue weighted by Crippen LogP contribution is 2.43. The van der Waals surface area contributed by atoms with Crippen molar-refractivity contribution < 1.29 is 4.90 Å². The van der Waals surface area contributed by atoms with Gasteiger partial charge in [-0.1, -0.05) is 170 Å². The Morgan fingerprint density at radius 1 is 0.478 bits per heavy atom. The van der Waals surface area contributed by atoms with Gasteiger partial charge in [-0.2, -0.15) is 0 Å². The normalized spacial score (nSPS) is 19.2. The molecule has 0 saturated carbocycles. The maximum absolute atomic E-state index is 4.14. The van der Waals surface area contributed by atoms with Crippen molar-refractivity contribution in [2.24, 2.45) is 0 Å². The zero-order valence-electron chi connectivity index (χ0n) is 38.4. The van der Waals surface area contributed by atoms with Crippen molar-refractivity contribution in [3.63, 3.8) is 0 Å². The van der Waals surface area contributed by atoms with Gasteiger partial charge in [0.05, 0.1) is 27.5 Å². The monoisotopic (exact) mass is 885 g/mol. The maximum Gasteiger partial charge on any atom is 0.179 e. The molecule has 0 bridgehead atoms. The topological polar surface area (TPSA) is 26.3 Å². The summed E-state index contributed by atoms with van der Waals surface area (Å²) in [6.45, 7) is 2.43. The lowest BCUT2D eigenvalue weighted by Gasteiger charge is -2.51. The molecule has 1 saturated heterocycles. The fourth-order valence-electron chi connectivity index (χ4n) is 12.1. The van der Waals surface area contributed by atoms with Gasteiger partial charge in [0.15, 0.2) is 12.3 Å². The number of aromatic nitrogens is 2. The van der Waals surface area contributed by atoms with Crippen molar-refractivity contribution >= 4 is 65.2 Å². The van der Waals surface area contributed by atoms with Gasteiger partial charge in [-0.25, -0.2) is 5.32 Å². The molecule has 1 fully saturated rings. The Bertz CT molecular complexity index is 4040. The Hall–Kier alpha value is -8.28. The molecule has 1 aliphatic carbocycles. The van der Waals surface area contributed by atoms with Crippen LogP contribution < -0.4 is 10.2 Å². The Kier molecular flexibility index (Phi) is 9.04. The van der Waals surface area contributed by atoms with E-state index >= 15 is 0 Å². The van der Waals surface area contributed by atoms with E-state index in [4.69, 9.17) is 0 Å². The maximum atomic E-state index is 4.14. The van der Waals surface area contributed by atoms with Crippen LogP contribution in [0.1, 0.15) is 42.4 Å². The van der Waals surface area contributed by atoms with E-state index in [2.05, 4.69) is 264 Å². The van der Waals surface area contributed by atoms with E-state index in [9.17, 15) is 0 Å². The number of para-hydroxylation sites is 1. The largest absolute Gasteiger partial charge is 0.309 e. The van der Waals surface area contributed by atoms with E-state index in [1.165, 1.54) is 104 Å². The summed E-state index contributed by atoms with van der Waals surface area (Å²) in [6.07, 6.45) is 8.05. The van der Waals surface area contributed by atoms with E-state index in [0.29, 0.717) is 0 Å². The van der Waals surface area contributed by atoms with Gasteiger partial charge in [-0.05, 0) is 124 Å². The molecule has 14 rings (SSSR count). The lowest BCUT2D eigenvalue weighted by molar-refractivity contribution is -0.989. The minimum absolute atomic E-state index is 0.0432. The van der Waals surface area contributed by atoms with Crippen molar-refractivity contribution in [1.29, 1.82) is 0 Å². The Morgan fingerprint density at radius 2 is 1.10 bits per heavy atom. The summed E-state index contributed by atoms with van der Waals surface area (Å²) in [7, 11) is 0. The van der Waals surface area contributed by atoms with Crippen LogP contribution in [0.15, 0.2) is 248 Å². The first-order valence-corrected chi connectivity index (χ1v) is 24.3. The molecule has 1 aliphatic heterocycles. The Balaban J connectivity index is 0.909. The van der Waals surface area contributed by atoms with Crippen LogP contribution in [-0.4, -0.2) is 9.13 Å². The molecule has 0 amide bonds.